The van der Waals surface area contributed by atoms with Crippen molar-refractivity contribution in [1.29, 1.82) is 0 Å². The fourth-order valence-electron chi connectivity index (χ4n) is 3.35. The lowest BCUT2D eigenvalue weighted by Gasteiger charge is -2.27. The second kappa shape index (κ2) is 8.85. The van der Waals surface area contributed by atoms with Crippen LogP contribution in [0.4, 0.5) is 13.2 Å². The molecule has 10 heteroatoms. The van der Waals surface area contributed by atoms with E-state index in [2.05, 4.69) is 4.98 Å². The van der Waals surface area contributed by atoms with Gasteiger partial charge in [0.15, 0.2) is 9.94 Å². The van der Waals surface area contributed by atoms with Crippen LogP contribution in [0.15, 0.2) is 73.2 Å². The molecule has 2 heterocycles. The number of rotatable bonds is 6. The zero-order valence-corrected chi connectivity index (χ0v) is 19.1. The summed E-state index contributed by atoms with van der Waals surface area (Å²) in [5.74, 6) is 0.645. The van der Waals surface area contributed by atoms with Gasteiger partial charge in [-0.15, -0.1) is 11.3 Å². The van der Waals surface area contributed by atoms with Crippen LogP contribution in [0.25, 0.3) is 22.1 Å². The monoisotopic (exact) mass is 493 g/mol. The first kappa shape index (κ1) is 23.3. The summed E-state index contributed by atoms with van der Waals surface area (Å²) in [5.41, 5.74) is -1.68. The molecule has 0 aliphatic rings. The Morgan fingerprint density at radius 2 is 1.97 bits per heavy atom. The maximum atomic E-state index is 13.3. The van der Waals surface area contributed by atoms with Gasteiger partial charge in [0, 0.05) is 22.5 Å². The third-order valence-electron chi connectivity index (χ3n) is 5.17. The molecule has 0 saturated heterocycles. The Bertz CT molecular complexity index is 1370. The van der Waals surface area contributed by atoms with Gasteiger partial charge in [-0.3, -0.25) is 0 Å². The second-order valence-corrected chi connectivity index (χ2v) is 9.52. The number of aliphatic hydroxyl groups is 1. The van der Waals surface area contributed by atoms with Gasteiger partial charge in [0.1, 0.15) is 11.3 Å². The molecule has 0 fully saturated rings. The van der Waals surface area contributed by atoms with Crippen LogP contribution in [0.3, 0.4) is 0 Å². The van der Waals surface area contributed by atoms with Gasteiger partial charge in [-0.05, 0) is 47.9 Å². The molecule has 0 spiro atoms. The van der Waals surface area contributed by atoms with Crippen LogP contribution >= 0.6 is 23.1 Å². The number of nitrogens with zero attached hydrogens (tertiary/aromatic N) is 1. The molecule has 4 rings (SSSR count). The summed E-state index contributed by atoms with van der Waals surface area (Å²) in [4.78, 5) is 16.6. The number of fused-ring (bicyclic) bond motifs is 1. The summed E-state index contributed by atoms with van der Waals surface area (Å²) in [7, 11) is 1.56. The predicted octanol–water partition coefficient (Wildman–Crippen LogP) is 6.24. The van der Waals surface area contributed by atoms with Gasteiger partial charge in [0.05, 0.1) is 12.0 Å². The molecule has 0 aliphatic heterocycles. The maximum absolute atomic E-state index is 13.3. The van der Waals surface area contributed by atoms with Gasteiger partial charge in [0.2, 0.25) is 0 Å². The Hall–Kier alpha value is -2.82. The van der Waals surface area contributed by atoms with E-state index in [4.69, 9.17) is 9.15 Å². The van der Waals surface area contributed by atoms with E-state index in [-0.39, 0.29) is 4.88 Å². The smallest absolute Gasteiger partial charge is 0.422 e. The summed E-state index contributed by atoms with van der Waals surface area (Å²) in [6, 6.07) is 13.9. The second-order valence-electron chi connectivity index (χ2n) is 7.17. The Balaban J connectivity index is 1.69. The predicted molar refractivity (Wildman–Crippen MR) is 121 cm³/mol. The summed E-state index contributed by atoms with van der Waals surface area (Å²) in [6.07, 6.45) is -4.28. The van der Waals surface area contributed by atoms with Crippen molar-refractivity contribution in [3.8, 4) is 16.9 Å². The number of hydrogen-bond donors (Lipinski definition) is 1. The average molecular weight is 494 g/mol. The van der Waals surface area contributed by atoms with Crippen LogP contribution in [0.5, 0.6) is 5.75 Å². The highest BCUT2D eigenvalue weighted by molar-refractivity contribution is 8.01. The van der Waals surface area contributed by atoms with Crippen molar-refractivity contribution in [3.63, 3.8) is 0 Å². The highest BCUT2D eigenvalue weighted by atomic mass is 32.2. The molecule has 4 aromatic rings. The topological polar surface area (TPSA) is 72.6 Å². The van der Waals surface area contributed by atoms with Gasteiger partial charge < -0.3 is 14.3 Å². The molecule has 0 amide bonds. The third kappa shape index (κ3) is 4.50. The van der Waals surface area contributed by atoms with Crippen LogP contribution < -0.4 is 10.4 Å². The average Bonchev–Trinajstić information content (AvgIpc) is 3.25. The first-order chi connectivity index (χ1) is 15.6. The lowest BCUT2D eigenvalue weighted by molar-refractivity contribution is -0.266. The Labute approximate surface area is 194 Å². The van der Waals surface area contributed by atoms with Crippen molar-refractivity contribution in [2.24, 2.45) is 0 Å². The number of halogens is 3. The molecule has 0 aliphatic carbocycles. The molecule has 0 radical (unpaired) electrons. The number of alkyl halides is 3. The van der Waals surface area contributed by atoms with E-state index in [1.165, 1.54) is 13.0 Å². The quantitative estimate of drug-likeness (QED) is 0.321. The number of thiazole rings is 1. The summed E-state index contributed by atoms with van der Waals surface area (Å²) in [5, 5.41) is 10.8. The molecule has 0 unspecified atom stereocenters. The van der Waals surface area contributed by atoms with Crippen LogP contribution in [-0.2, 0) is 5.60 Å². The summed E-state index contributed by atoms with van der Waals surface area (Å²) in [6.45, 7) is 1.27. The lowest BCUT2D eigenvalue weighted by Crippen LogP contribution is -2.40. The van der Waals surface area contributed by atoms with E-state index in [9.17, 15) is 23.1 Å². The molecular formula is C23H18F3NO4S2. The number of aromatic nitrogens is 1. The minimum Gasteiger partial charge on any atom is -0.497 e. The Morgan fingerprint density at radius 3 is 2.67 bits per heavy atom. The summed E-state index contributed by atoms with van der Waals surface area (Å²) < 4.78 is 51.0. The number of benzene rings is 2. The standard InChI is InChI=1S/C23H18F3NO4S2/c1-3-22(29,23(24,25)26)19-12-27-21(33-19)32-15-7-8-16-17(11-20(28)31-18(16)10-15)13-5-4-6-14(9-13)30-2/h4-12,29H,3H2,1-2H3/t22-/m0/s1. The normalized spacial score (nSPS) is 13.8. The van der Waals surface area contributed by atoms with E-state index in [1.54, 1.807) is 31.4 Å². The number of methoxy groups -OCH3 is 1. The minimum atomic E-state index is -4.81. The summed E-state index contributed by atoms with van der Waals surface area (Å²) >= 11 is 1.90. The maximum Gasteiger partial charge on any atom is 0.422 e. The zero-order chi connectivity index (χ0) is 23.8. The molecule has 1 N–H and O–H groups in total. The van der Waals surface area contributed by atoms with Crippen molar-refractivity contribution < 1.29 is 27.4 Å². The van der Waals surface area contributed by atoms with E-state index >= 15 is 0 Å². The van der Waals surface area contributed by atoms with E-state index in [0.717, 1.165) is 34.9 Å². The van der Waals surface area contributed by atoms with Gasteiger partial charge >= 0.3 is 11.8 Å². The number of hydrogen-bond acceptors (Lipinski definition) is 7. The highest BCUT2D eigenvalue weighted by Crippen LogP contribution is 2.45. The van der Waals surface area contributed by atoms with Crippen molar-refractivity contribution in [1.82, 2.24) is 4.98 Å². The first-order valence-corrected chi connectivity index (χ1v) is 11.4. The van der Waals surface area contributed by atoms with Gasteiger partial charge in [-0.1, -0.05) is 30.8 Å². The first-order valence-electron chi connectivity index (χ1n) is 9.80. The fourth-order valence-corrected chi connectivity index (χ4v) is 5.51. The van der Waals surface area contributed by atoms with Crippen molar-refractivity contribution in [3.05, 3.63) is 70.0 Å². The fraction of sp³-hybridized carbons (Fsp3) is 0.217. The number of ether oxygens (including phenoxy) is 1. The molecule has 1 atom stereocenters. The van der Waals surface area contributed by atoms with Gasteiger partial charge in [0.25, 0.3) is 0 Å². The van der Waals surface area contributed by atoms with Crippen LogP contribution in [0.1, 0.15) is 18.2 Å². The van der Waals surface area contributed by atoms with Crippen LogP contribution in [0.2, 0.25) is 0 Å². The van der Waals surface area contributed by atoms with Crippen LogP contribution in [-0.4, -0.2) is 23.4 Å². The zero-order valence-electron chi connectivity index (χ0n) is 17.5. The molecule has 2 aromatic carbocycles. The largest absolute Gasteiger partial charge is 0.497 e. The van der Waals surface area contributed by atoms with Crippen molar-refractivity contribution >= 4 is 34.1 Å². The third-order valence-corrected chi connectivity index (χ3v) is 7.39. The van der Waals surface area contributed by atoms with Crippen molar-refractivity contribution in [2.45, 2.75) is 34.4 Å². The van der Waals surface area contributed by atoms with E-state index < -0.39 is 23.8 Å². The molecule has 33 heavy (non-hydrogen) atoms. The Morgan fingerprint density at radius 1 is 1.18 bits per heavy atom. The van der Waals surface area contributed by atoms with Crippen LogP contribution in [0, 0.1) is 0 Å². The van der Waals surface area contributed by atoms with E-state index in [0.29, 0.717) is 31.5 Å². The molecule has 2 aromatic heterocycles. The molecule has 0 saturated carbocycles. The Kier molecular flexibility index (Phi) is 6.26. The molecule has 0 bridgehead atoms. The highest BCUT2D eigenvalue weighted by Gasteiger charge is 2.54. The van der Waals surface area contributed by atoms with Gasteiger partial charge in [-0.25, -0.2) is 9.78 Å². The van der Waals surface area contributed by atoms with E-state index in [1.807, 2.05) is 18.2 Å². The minimum absolute atomic E-state index is 0.271. The van der Waals surface area contributed by atoms with Gasteiger partial charge in [-0.2, -0.15) is 13.2 Å². The molecule has 172 valence electrons. The SMILES string of the molecule is CC[C@](O)(c1cnc(Sc2ccc3c(-c4cccc(OC)c4)cc(=O)oc3c2)s1)C(F)(F)F. The molecular weight excluding hydrogens is 475 g/mol. The van der Waals surface area contributed by atoms with Crippen molar-refractivity contribution in [2.75, 3.05) is 7.11 Å². The lowest BCUT2D eigenvalue weighted by atomic mass is 9.99. The molecule has 5 nitrogen and oxygen atoms in total.